The Hall–Kier alpha value is -3.18. The number of hydrogen-bond acceptors (Lipinski definition) is 5. The summed E-state index contributed by atoms with van der Waals surface area (Å²) in [6, 6.07) is 0. The molecule has 0 saturated carbocycles. The van der Waals surface area contributed by atoms with Crippen LogP contribution in [0.4, 0.5) is 0 Å². The number of carbonyl (C=O) groups is 2. The van der Waals surface area contributed by atoms with Gasteiger partial charge in [0.05, 0.1) is 6.61 Å². The highest BCUT2D eigenvalue weighted by Crippen LogP contribution is 2.13. The van der Waals surface area contributed by atoms with Crippen LogP contribution in [0.15, 0.2) is 97.2 Å². The third kappa shape index (κ3) is 51.5. The Balaban J connectivity index is 4.36. The SMILES string of the molecule is CC/C=C\C/C=C\C/C=C\C/C=C\CCCCC(=O)OCC(COCCCCCCCCCC/C=C\C/C=C\C/C=C\CC)OC(=O)CCCCCCC/C=C\CCCCCCCC. The lowest BCUT2D eigenvalue weighted by molar-refractivity contribution is -0.163. The Morgan fingerprint density at radius 3 is 1.17 bits per heavy atom. The number of hydrogen-bond donors (Lipinski definition) is 0. The first-order valence-electron chi connectivity index (χ1n) is 26.8. The second-order valence-electron chi connectivity index (χ2n) is 17.4. The molecule has 0 spiro atoms. The van der Waals surface area contributed by atoms with Crippen LogP contribution in [0, 0.1) is 0 Å². The van der Waals surface area contributed by atoms with Gasteiger partial charge in [0.15, 0.2) is 6.10 Å². The molecule has 0 heterocycles. The number of ether oxygens (including phenoxy) is 3. The maximum Gasteiger partial charge on any atom is 0.306 e. The number of rotatable bonds is 48. The maximum atomic E-state index is 12.8. The maximum absolute atomic E-state index is 12.8. The van der Waals surface area contributed by atoms with Gasteiger partial charge in [-0.25, -0.2) is 0 Å². The molecule has 0 aliphatic heterocycles. The van der Waals surface area contributed by atoms with Crippen LogP contribution >= 0.6 is 0 Å². The predicted molar refractivity (Wildman–Crippen MR) is 279 cm³/mol. The van der Waals surface area contributed by atoms with Crippen molar-refractivity contribution in [2.75, 3.05) is 19.8 Å². The third-order valence-electron chi connectivity index (χ3n) is 11.1. The highest BCUT2D eigenvalue weighted by Gasteiger charge is 2.17. The van der Waals surface area contributed by atoms with Crippen LogP contribution in [0.25, 0.3) is 0 Å². The lowest BCUT2D eigenvalue weighted by Crippen LogP contribution is -2.30. The molecule has 0 aliphatic carbocycles. The zero-order chi connectivity index (χ0) is 46.3. The number of carbonyl (C=O) groups excluding carboxylic acids is 2. The van der Waals surface area contributed by atoms with E-state index < -0.39 is 6.10 Å². The van der Waals surface area contributed by atoms with Crippen molar-refractivity contribution in [2.24, 2.45) is 0 Å². The summed E-state index contributed by atoms with van der Waals surface area (Å²) in [5, 5.41) is 0. The summed E-state index contributed by atoms with van der Waals surface area (Å²) in [5.74, 6) is -0.460. The van der Waals surface area contributed by atoms with Crippen molar-refractivity contribution in [2.45, 2.75) is 245 Å². The fourth-order valence-corrected chi connectivity index (χ4v) is 7.16. The molecule has 0 aliphatic rings. The summed E-state index contributed by atoms with van der Waals surface area (Å²) >= 11 is 0. The lowest BCUT2D eigenvalue weighted by Gasteiger charge is -2.18. The van der Waals surface area contributed by atoms with E-state index in [1.54, 1.807) is 0 Å². The summed E-state index contributed by atoms with van der Waals surface area (Å²) in [6.45, 7) is 7.53. The second kappa shape index (κ2) is 54.2. The normalized spacial score (nSPS) is 13.0. The fraction of sp³-hybridized carbons (Fsp3) is 0.695. The van der Waals surface area contributed by atoms with Crippen molar-refractivity contribution in [3.63, 3.8) is 0 Å². The summed E-state index contributed by atoms with van der Waals surface area (Å²) in [6.07, 6.45) is 72.8. The second-order valence-corrected chi connectivity index (χ2v) is 17.4. The zero-order valence-electron chi connectivity index (χ0n) is 42.0. The standard InChI is InChI=1S/C59H100O5/c1-4-7-10-13-16-19-22-25-28-29-30-33-36-39-42-45-48-51-54-62-55-57(64-59(61)53-50-47-44-41-38-35-32-27-24-21-18-15-12-9-6-3)56-63-58(60)52-49-46-43-40-37-34-31-26-23-20-17-14-11-8-5-2/h7-8,10-11,16-17,19-20,25-28,31-32,37,40,57H,4-6,9,12-15,18,21-24,29-30,33-36,38-39,41-56H2,1-3H3/b10-7-,11-8-,19-16-,20-17-,28-25-,31-26-,32-27-,40-37-. The molecule has 1 unspecified atom stereocenters. The summed E-state index contributed by atoms with van der Waals surface area (Å²) < 4.78 is 17.4. The molecule has 0 aromatic carbocycles. The molecule has 0 radical (unpaired) electrons. The molecule has 0 aromatic rings. The summed E-state index contributed by atoms with van der Waals surface area (Å²) in [5.41, 5.74) is 0. The predicted octanol–water partition coefficient (Wildman–Crippen LogP) is 18.2. The van der Waals surface area contributed by atoms with Gasteiger partial charge in [0.2, 0.25) is 0 Å². The molecule has 0 fully saturated rings. The quantitative estimate of drug-likeness (QED) is 0.0346. The molecule has 0 amide bonds. The molecule has 0 rings (SSSR count). The minimum atomic E-state index is -0.566. The first-order chi connectivity index (χ1) is 31.6. The molecule has 0 N–H and O–H groups in total. The smallest absolute Gasteiger partial charge is 0.306 e. The van der Waals surface area contributed by atoms with E-state index in [4.69, 9.17) is 14.2 Å². The van der Waals surface area contributed by atoms with Crippen molar-refractivity contribution in [1.82, 2.24) is 0 Å². The van der Waals surface area contributed by atoms with Crippen molar-refractivity contribution < 1.29 is 23.8 Å². The van der Waals surface area contributed by atoms with Crippen molar-refractivity contribution >= 4 is 11.9 Å². The van der Waals surface area contributed by atoms with Crippen LogP contribution in [0.5, 0.6) is 0 Å². The van der Waals surface area contributed by atoms with Crippen LogP contribution in [0.3, 0.4) is 0 Å². The van der Waals surface area contributed by atoms with Gasteiger partial charge < -0.3 is 14.2 Å². The first-order valence-corrected chi connectivity index (χ1v) is 26.8. The molecule has 5 nitrogen and oxygen atoms in total. The van der Waals surface area contributed by atoms with Gasteiger partial charge in [0.1, 0.15) is 6.61 Å². The third-order valence-corrected chi connectivity index (χ3v) is 11.1. The van der Waals surface area contributed by atoms with E-state index >= 15 is 0 Å². The van der Waals surface area contributed by atoms with E-state index in [2.05, 4.69) is 118 Å². The summed E-state index contributed by atoms with van der Waals surface area (Å²) in [4.78, 5) is 25.4. The van der Waals surface area contributed by atoms with Gasteiger partial charge in [-0.1, -0.05) is 208 Å². The molecule has 5 heteroatoms. The topological polar surface area (TPSA) is 61.8 Å². The van der Waals surface area contributed by atoms with Gasteiger partial charge in [0.25, 0.3) is 0 Å². The highest BCUT2D eigenvalue weighted by atomic mass is 16.6. The van der Waals surface area contributed by atoms with Crippen molar-refractivity contribution in [3.8, 4) is 0 Å². The molecule has 0 bridgehead atoms. The Morgan fingerprint density at radius 1 is 0.359 bits per heavy atom. The Kier molecular flexibility index (Phi) is 51.5. The van der Waals surface area contributed by atoms with Gasteiger partial charge in [-0.05, 0) is 116 Å². The number of esters is 2. The molecule has 366 valence electrons. The average molecular weight is 889 g/mol. The van der Waals surface area contributed by atoms with Gasteiger partial charge in [0, 0.05) is 19.4 Å². The van der Waals surface area contributed by atoms with Crippen LogP contribution < -0.4 is 0 Å². The zero-order valence-corrected chi connectivity index (χ0v) is 42.0. The van der Waals surface area contributed by atoms with Gasteiger partial charge in [-0.15, -0.1) is 0 Å². The van der Waals surface area contributed by atoms with Crippen LogP contribution in [0.1, 0.15) is 239 Å². The number of allylic oxidation sites excluding steroid dienone is 16. The van der Waals surface area contributed by atoms with E-state index in [0.717, 1.165) is 103 Å². The lowest BCUT2D eigenvalue weighted by atomic mass is 10.1. The Bertz CT molecular complexity index is 1230. The molecule has 0 aromatic heterocycles. The Morgan fingerprint density at radius 2 is 0.703 bits per heavy atom. The fourth-order valence-electron chi connectivity index (χ4n) is 7.16. The van der Waals surface area contributed by atoms with Gasteiger partial charge in [-0.3, -0.25) is 9.59 Å². The molecular formula is C59H100O5. The first kappa shape index (κ1) is 60.8. The minimum Gasteiger partial charge on any atom is -0.462 e. The van der Waals surface area contributed by atoms with E-state index in [0.29, 0.717) is 19.4 Å². The van der Waals surface area contributed by atoms with Crippen LogP contribution in [-0.2, 0) is 23.8 Å². The molecule has 64 heavy (non-hydrogen) atoms. The van der Waals surface area contributed by atoms with E-state index in [1.165, 1.54) is 103 Å². The van der Waals surface area contributed by atoms with E-state index in [9.17, 15) is 9.59 Å². The minimum absolute atomic E-state index is 0.0532. The van der Waals surface area contributed by atoms with E-state index in [-0.39, 0.29) is 25.2 Å². The van der Waals surface area contributed by atoms with Crippen molar-refractivity contribution in [1.29, 1.82) is 0 Å². The highest BCUT2D eigenvalue weighted by molar-refractivity contribution is 5.70. The Labute approximate surface area is 396 Å². The monoisotopic (exact) mass is 889 g/mol. The van der Waals surface area contributed by atoms with Gasteiger partial charge >= 0.3 is 11.9 Å². The molecular weight excluding hydrogens is 789 g/mol. The van der Waals surface area contributed by atoms with Gasteiger partial charge in [-0.2, -0.15) is 0 Å². The largest absolute Gasteiger partial charge is 0.462 e. The number of unbranched alkanes of at least 4 members (excludes halogenated alkanes) is 21. The van der Waals surface area contributed by atoms with Crippen molar-refractivity contribution in [3.05, 3.63) is 97.2 Å². The average Bonchev–Trinajstić information content (AvgIpc) is 3.30. The van der Waals surface area contributed by atoms with Crippen LogP contribution in [0.2, 0.25) is 0 Å². The van der Waals surface area contributed by atoms with Crippen LogP contribution in [-0.4, -0.2) is 37.9 Å². The molecule has 0 saturated heterocycles. The molecule has 1 atom stereocenters. The van der Waals surface area contributed by atoms with E-state index in [1.807, 2.05) is 0 Å². The summed E-state index contributed by atoms with van der Waals surface area (Å²) in [7, 11) is 0.